The minimum absolute atomic E-state index is 0.169. The summed E-state index contributed by atoms with van der Waals surface area (Å²) < 4.78 is 1.70. The third kappa shape index (κ3) is 3.61. The van der Waals surface area contributed by atoms with Gasteiger partial charge < -0.3 is 4.90 Å². The van der Waals surface area contributed by atoms with Crippen LogP contribution < -0.4 is 0 Å². The smallest absolute Gasteiger partial charge is 0.235 e. The van der Waals surface area contributed by atoms with Gasteiger partial charge >= 0.3 is 0 Å². The summed E-state index contributed by atoms with van der Waals surface area (Å²) in [4.78, 5) is 14.4. The molecule has 1 aromatic carbocycles. The Hall–Kier alpha value is -1.89. The Morgan fingerprint density at radius 2 is 1.79 bits per heavy atom. The van der Waals surface area contributed by atoms with Gasteiger partial charge in [0, 0.05) is 13.1 Å². The van der Waals surface area contributed by atoms with E-state index in [1.807, 2.05) is 24.0 Å². The van der Waals surface area contributed by atoms with Crippen molar-refractivity contribution in [3.63, 3.8) is 0 Å². The number of benzene rings is 1. The van der Waals surface area contributed by atoms with Gasteiger partial charge in [-0.1, -0.05) is 37.7 Å². The fourth-order valence-corrected chi connectivity index (χ4v) is 3.71. The van der Waals surface area contributed by atoms with Crippen molar-refractivity contribution in [2.24, 2.45) is 0 Å². The van der Waals surface area contributed by atoms with Crippen LogP contribution >= 0.6 is 11.8 Å². The first-order valence-corrected chi connectivity index (χ1v) is 9.28. The van der Waals surface area contributed by atoms with Gasteiger partial charge in [-0.05, 0) is 53.8 Å². The molecule has 6 nitrogen and oxygen atoms in total. The SMILES string of the molecule is CC(Sc1nnnn1-c1ccc(C(C)C)cc1)C(=O)N1CCCC1. The molecular weight excluding hydrogens is 322 g/mol. The third-order valence-corrected chi connectivity index (χ3v) is 5.31. The highest BCUT2D eigenvalue weighted by Crippen LogP contribution is 2.26. The number of thioether (sulfide) groups is 1. The first-order chi connectivity index (χ1) is 11.6. The highest BCUT2D eigenvalue weighted by Gasteiger charge is 2.25. The lowest BCUT2D eigenvalue weighted by Crippen LogP contribution is -2.34. The van der Waals surface area contributed by atoms with E-state index in [-0.39, 0.29) is 11.2 Å². The molecule has 7 heteroatoms. The summed E-state index contributed by atoms with van der Waals surface area (Å²) >= 11 is 1.41. The molecule has 1 saturated heterocycles. The van der Waals surface area contributed by atoms with E-state index in [1.165, 1.54) is 17.3 Å². The number of carbonyl (C=O) groups is 1. The number of carbonyl (C=O) groups excluding carboxylic acids is 1. The Kier molecular flexibility index (Phi) is 5.18. The normalized spacial score (nSPS) is 15.9. The van der Waals surface area contributed by atoms with Gasteiger partial charge in [0.05, 0.1) is 10.9 Å². The molecule has 1 atom stereocenters. The summed E-state index contributed by atoms with van der Waals surface area (Å²) in [5.41, 5.74) is 2.19. The highest BCUT2D eigenvalue weighted by molar-refractivity contribution is 8.00. The van der Waals surface area contributed by atoms with Crippen LogP contribution in [0.5, 0.6) is 0 Å². The summed E-state index contributed by atoms with van der Waals surface area (Å²) in [6.45, 7) is 7.99. The number of hydrogen-bond acceptors (Lipinski definition) is 5. The van der Waals surface area contributed by atoms with Crippen LogP contribution in [0.3, 0.4) is 0 Å². The Morgan fingerprint density at radius 3 is 2.42 bits per heavy atom. The molecule has 0 saturated carbocycles. The Balaban J connectivity index is 1.73. The van der Waals surface area contributed by atoms with Crippen LogP contribution in [0.15, 0.2) is 29.4 Å². The van der Waals surface area contributed by atoms with Crippen LogP contribution in [-0.2, 0) is 4.79 Å². The molecule has 0 spiro atoms. The Labute approximate surface area is 146 Å². The quantitative estimate of drug-likeness (QED) is 0.780. The van der Waals surface area contributed by atoms with E-state index in [0.717, 1.165) is 31.6 Å². The maximum Gasteiger partial charge on any atom is 0.235 e. The molecule has 1 fully saturated rings. The van der Waals surface area contributed by atoms with Crippen LogP contribution in [0, 0.1) is 0 Å². The van der Waals surface area contributed by atoms with Gasteiger partial charge in [-0.3, -0.25) is 4.79 Å². The first-order valence-electron chi connectivity index (χ1n) is 8.40. The fourth-order valence-electron chi connectivity index (χ4n) is 2.82. The molecule has 128 valence electrons. The first kappa shape index (κ1) is 17.0. The van der Waals surface area contributed by atoms with Crippen molar-refractivity contribution in [2.45, 2.75) is 49.9 Å². The lowest BCUT2D eigenvalue weighted by atomic mass is 10.0. The summed E-state index contributed by atoms with van der Waals surface area (Å²) in [6, 6.07) is 8.22. The molecule has 2 heterocycles. The predicted molar refractivity (Wildman–Crippen MR) is 94.4 cm³/mol. The van der Waals surface area contributed by atoms with E-state index in [4.69, 9.17) is 0 Å². The number of rotatable bonds is 5. The number of aromatic nitrogens is 4. The van der Waals surface area contributed by atoms with Crippen molar-refractivity contribution in [1.82, 2.24) is 25.1 Å². The van der Waals surface area contributed by atoms with E-state index in [1.54, 1.807) is 4.68 Å². The molecule has 24 heavy (non-hydrogen) atoms. The van der Waals surface area contributed by atoms with Crippen molar-refractivity contribution in [1.29, 1.82) is 0 Å². The zero-order valence-electron chi connectivity index (χ0n) is 14.3. The molecule has 1 aliphatic heterocycles. The second-order valence-corrected chi connectivity index (χ2v) is 7.72. The topological polar surface area (TPSA) is 63.9 Å². The van der Waals surface area contributed by atoms with E-state index in [9.17, 15) is 4.79 Å². The van der Waals surface area contributed by atoms with Gasteiger partial charge in [-0.2, -0.15) is 4.68 Å². The lowest BCUT2D eigenvalue weighted by Gasteiger charge is -2.19. The van der Waals surface area contributed by atoms with Crippen LogP contribution in [0.25, 0.3) is 5.69 Å². The van der Waals surface area contributed by atoms with Crippen molar-refractivity contribution in [2.75, 3.05) is 13.1 Å². The molecule has 0 N–H and O–H groups in total. The van der Waals surface area contributed by atoms with Crippen molar-refractivity contribution in [3.05, 3.63) is 29.8 Å². The largest absolute Gasteiger partial charge is 0.342 e. The van der Waals surface area contributed by atoms with Gasteiger partial charge in [0.1, 0.15) is 0 Å². The Bertz CT molecular complexity index is 691. The molecule has 1 amide bonds. The minimum Gasteiger partial charge on any atom is -0.342 e. The summed E-state index contributed by atoms with van der Waals surface area (Å²) in [5, 5.41) is 12.4. The molecule has 1 aromatic heterocycles. The maximum atomic E-state index is 12.5. The van der Waals surface area contributed by atoms with Gasteiger partial charge in [0.15, 0.2) is 0 Å². The van der Waals surface area contributed by atoms with Gasteiger partial charge in [0.25, 0.3) is 0 Å². The number of tetrazole rings is 1. The highest BCUT2D eigenvalue weighted by atomic mass is 32.2. The molecule has 3 rings (SSSR count). The Morgan fingerprint density at radius 1 is 1.12 bits per heavy atom. The van der Waals surface area contributed by atoms with Gasteiger partial charge in [-0.15, -0.1) is 5.10 Å². The third-order valence-electron chi connectivity index (χ3n) is 4.29. The molecule has 1 unspecified atom stereocenters. The van der Waals surface area contributed by atoms with Crippen LogP contribution in [0.4, 0.5) is 0 Å². The molecular formula is C17H23N5OS. The zero-order chi connectivity index (χ0) is 17.1. The minimum atomic E-state index is -0.192. The van der Waals surface area contributed by atoms with Crippen molar-refractivity contribution < 1.29 is 4.79 Å². The second kappa shape index (κ2) is 7.34. The molecule has 0 aliphatic carbocycles. The number of likely N-dealkylation sites (tertiary alicyclic amines) is 1. The van der Waals surface area contributed by atoms with Crippen LogP contribution in [0.1, 0.15) is 45.1 Å². The van der Waals surface area contributed by atoms with E-state index < -0.39 is 0 Å². The molecule has 0 bridgehead atoms. The number of hydrogen-bond donors (Lipinski definition) is 0. The second-order valence-electron chi connectivity index (χ2n) is 6.41. The van der Waals surface area contributed by atoms with Gasteiger partial charge in [0.2, 0.25) is 11.1 Å². The number of amides is 1. The number of nitrogens with zero attached hydrogens (tertiary/aromatic N) is 5. The van der Waals surface area contributed by atoms with Crippen LogP contribution in [0.2, 0.25) is 0 Å². The maximum absolute atomic E-state index is 12.5. The summed E-state index contributed by atoms with van der Waals surface area (Å²) in [5.74, 6) is 0.655. The average Bonchev–Trinajstić information content (AvgIpc) is 3.26. The summed E-state index contributed by atoms with van der Waals surface area (Å²) in [7, 11) is 0. The predicted octanol–water partition coefficient (Wildman–Crippen LogP) is 2.89. The van der Waals surface area contributed by atoms with Crippen LogP contribution in [-0.4, -0.2) is 49.4 Å². The molecule has 0 radical (unpaired) electrons. The van der Waals surface area contributed by atoms with Crippen molar-refractivity contribution >= 4 is 17.7 Å². The van der Waals surface area contributed by atoms with Crippen molar-refractivity contribution in [3.8, 4) is 5.69 Å². The average molecular weight is 345 g/mol. The molecule has 2 aromatic rings. The molecule has 1 aliphatic rings. The van der Waals surface area contributed by atoms with E-state index in [0.29, 0.717) is 11.1 Å². The zero-order valence-corrected chi connectivity index (χ0v) is 15.2. The van der Waals surface area contributed by atoms with E-state index >= 15 is 0 Å². The standard InChI is InChI=1S/C17H23N5OS/c1-12(2)14-6-8-15(9-7-14)22-17(18-19-20-22)24-13(3)16(23)21-10-4-5-11-21/h6-9,12-13H,4-5,10-11H2,1-3H3. The van der Waals surface area contributed by atoms with E-state index in [2.05, 4.69) is 41.5 Å². The monoisotopic (exact) mass is 345 g/mol. The lowest BCUT2D eigenvalue weighted by molar-refractivity contribution is -0.129. The summed E-state index contributed by atoms with van der Waals surface area (Å²) in [6.07, 6.45) is 2.20. The fraction of sp³-hybridized carbons (Fsp3) is 0.529. The van der Waals surface area contributed by atoms with Gasteiger partial charge in [-0.25, -0.2) is 0 Å².